The highest BCUT2D eigenvalue weighted by Gasteiger charge is 2.09. The van der Waals surface area contributed by atoms with E-state index < -0.39 is 8.07 Å². The smallest absolute Gasteiger partial charge is 0.129 e. The van der Waals surface area contributed by atoms with Gasteiger partial charge >= 0.3 is 0 Å². The SMILES string of the molecule is COc1ccc(CO[C@H](CO)CCC#C[Si](C)(C)C)cc1. The maximum Gasteiger partial charge on any atom is 0.129 e. The van der Waals surface area contributed by atoms with Gasteiger partial charge in [0.05, 0.1) is 26.4 Å². The fourth-order valence-electron chi connectivity index (χ4n) is 1.72. The van der Waals surface area contributed by atoms with E-state index in [-0.39, 0.29) is 12.7 Å². The largest absolute Gasteiger partial charge is 0.497 e. The molecule has 0 radical (unpaired) electrons. The first-order valence-electron chi connectivity index (χ1n) is 7.30. The zero-order valence-corrected chi connectivity index (χ0v) is 14.5. The highest BCUT2D eigenvalue weighted by molar-refractivity contribution is 6.83. The molecule has 0 bridgehead atoms. The van der Waals surface area contributed by atoms with Crippen molar-refractivity contribution in [3.63, 3.8) is 0 Å². The maximum absolute atomic E-state index is 9.36. The summed E-state index contributed by atoms with van der Waals surface area (Å²) in [5, 5.41) is 9.36. The van der Waals surface area contributed by atoms with Gasteiger partial charge < -0.3 is 14.6 Å². The van der Waals surface area contributed by atoms with E-state index in [9.17, 15) is 5.11 Å². The standard InChI is InChI=1S/C17H26O3Si/c1-19-16-10-8-15(9-11-16)14-20-17(13-18)7-5-6-12-21(2,3)4/h8-11,17-18H,5,7,13-14H2,1-4H3/t17-/m0/s1. The molecule has 0 aromatic heterocycles. The van der Waals surface area contributed by atoms with Crippen molar-refractivity contribution in [1.82, 2.24) is 0 Å². The van der Waals surface area contributed by atoms with Gasteiger partial charge in [0.25, 0.3) is 0 Å². The molecule has 1 N–H and O–H groups in total. The highest BCUT2D eigenvalue weighted by atomic mass is 28.3. The lowest BCUT2D eigenvalue weighted by Gasteiger charge is -2.14. The Bertz CT molecular complexity index is 466. The molecule has 1 aromatic carbocycles. The van der Waals surface area contributed by atoms with Crippen LogP contribution in [-0.2, 0) is 11.3 Å². The van der Waals surface area contributed by atoms with Gasteiger partial charge in [0.1, 0.15) is 13.8 Å². The Hall–Kier alpha value is -1.28. The Labute approximate surface area is 129 Å². The Morgan fingerprint density at radius 1 is 1.19 bits per heavy atom. The number of ether oxygens (including phenoxy) is 2. The predicted molar refractivity (Wildman–Crippen MR) is 89.0 cm³/mol. The predicted octanol–water partition coefficient (Wildman–Crippen LogP) is 3.23. The summed E-state index contributed by atoms with van der Waals surface area (Å²) in [6.45, 7) is 7.21. The average Bonchev–Trinajstić information content (AvgIpc) is 2.46. The number of benzene rings is 1. The van der Waals surface area contributed by atoms with E-state index in [4.69, 9.17) is 9.47 Å². The van der Waals surface area contributed by atoms with Crippen molar-refractivity contribution in [3.05, 3.63) is 29.8 Å². The molecule has 1 aromatic rings. The monoisotopic (exact) mass is 306 g/mol. The number of hydrogen-bond acceptors (Lipinski definition) is 3. The highest BCUT2D eigenvalue weighted by Crippen LogP contribution is 2.13. The molecular formula is C17H26O3Si. The number of rotatable bonds is 7. The summed E-state index contributed by atoms with van der Waals surface area (Å²) < 4.78 is 10.9. The van der Waals surface area contributed by atoms with Gasteiger partial charge in [-0.05, 0) is 24.1 Å². The zero-order chi connectivity index (χ0) is 15.7. The third-order valence-corrected chi connectivity index (χ3v) is 3.83. The van der Waals surface area contributed by atoms with Crippen LogP contribution in [0, 0.1) is 11.5 Å². The van der Waals surface area contributed by atoms with Crippen LogP contribution >= 0.6 is 0 Å². The van der Waals surface area contributed by atoms with Crippen LogP contribution in [0.5, 0.6) is 5.75 Å². The van der Waals surface area contributed by atoms with E-state index in [0.29, 0.717) is 6.61 Å². The molecule has 21 heavy (non-hydrogen) atoms. The molecule has 0 amide bonds. The molecule has 3 nitrogen and oxygen atoms in total. The molecule has 0 saturated carbocycles. The molecule has 0 saturated heterocycles. The van der Waals surface area contributed by atoms with Gasteiger partial charge in [0, 0.05) is 6.42 Å². The molecule has 0 aliphatic rings. The van der Waals surface area contributed by atoms with Gasteiger partial charge in [-0.2, -0.15) is 0 Å². The molecule has 0 aliphatic heterocycles. The first kappa shape index (κ1) is 17.8. The Kier molecular flexibility index (Phi) is 7.52. The second-order valence-corrected chi connectivity index (χ2v) is 10.8. The van der Waals surface area contributed by atoms with Gasteiger partial charge in [0.2, 0.25) is 0 Å². The van der Waals surface area contributed by atoms with Crippen molar-refractivity contribution in [2.24, 2.45) is 0 Å². The molecule has 0 spiro atoms. The van der Waals surface area contributed by atoms with Crippen molar-refractivity contribution in [2.75, 3.05) is 13.7 Å². The van der Waals surface area contributed by atoms with Crippen molar-refractivity contribution in [2.45, 2.75) is 45.2 Å². The molecule has 0 unspecified atom stereocenters. The fourth-order valence-corrected chi connectivity index (χ4v) is 2.38. The zero-order valence-electron chi connectivity index (χ0n) is 13.5. The molecule has 1 rings (SSSR count). The Morgan fingerprint density at radius 2 is 1.86 bits per heavy atom. The van der Waals surface area contributed by atoms with E-state index in [1.807, 2.05) is 24.3 Å². The molecule has 4 heteroatoms. The van der Waals surface area contributed by atoms with Gasteiger partial charge in [0.15, 0.2) is 0 Å². The number of aliphatic hydroxyl groups is 1. The Balaban J connectivity index is 2.37. The quantitative estimate of drug-likeness (QED) is 0.621. The van der Waals surface area contributed by atoms with E-state index >= 15 is 0 Å². The van der Waals surface area contributed by atoms with Crippen LogP contribution in [0.25, 0.3) is 0 Å². The van der Waals surface area contributed by atoms with Gasteiger partial charge in [-0.3, -0.25) is 0 Å². The van der Waals surface area contributed by atoms with Crippen LogP contribution in [0.2, 0.25) is 19.6 Å². The first-order valence-corrected chi connectivity index (χ1v) is 10.8. The van der Waals surface area contributed by atoms with Gasteiger partial charge in [-0.1, -0.05) is 31.8 Å². The molecule has 0 heterocycles. The minimum Gasteiger partial charge on any atom is -0.497 e. The van der Waals surface area contributed by atoms with Crippen molar-refractivity contribution in [1.29, 1.82) is 0 Å². The molecule has 1 atom stereocenters. The summed E-state index contributed by atoms with van der Waals surface area (Å²) in [6.07, 6.45) is 1.39. The fraction of sp³-hybridized carbons (Fsp3) is 0.529. The maximum atomic E-state index is 9.36. The van der Waals surface area contributed by atoms with Crippen LogP contribution in [0.3, 0.4) is 0 Å². The second-order valence-electron chi connectivity index (χ2n) is 6.05. The van der Waals surface area contributed by atoms with E-state index in [1.54, 1.807) is 7.11 Å². The lowest BCUT2D eigenvalue weighted by atomic mass is 10.2. The number of methoxy groups -OCH3 is 1. The van der Waals surface area contributed by atoms with Crippen LogP contribution in [0.4, 0.5) is 0 Å². The minimum absolute atomic E-state index is 0.0325. The number of hydrogen-bond donors (Lipinski definition) is 1. The summed E-state index contributed by atoms with van der Waals surface area (Å²) >= 11 is 0. The summed E-state index contributed by atoms with van der Waals surface area (Å²) in [5.74, 6) is 4.04. The summed E-state index contributed by atoms with van der Waals surface area (Å²) in [4.78, 5) is 0. The lowest BCUT2D eigenvalue weighted by Crippen LogP contribution is -2.18. The first-order chi connectivity index (χ1) is 9.94. The van der Waals surface area contributed by atoms with Gasteiger partial charge in [-0.15, -0.1) is 11.5 Å². The average molecular weight is 306 g/mol. The minimum atomic E-state index is -1.30. The second kappa shape index (κ2) is 8.88. The van der Waals surface area contributed by atoms with Crippen LogP contribution in [0.15, 0.2) is 24.3 Å². The van der Waals surface area contributed by atoms with Crippen molar-refractivity contribution >= 4 is 8.07 Å². The van der Waals surface area contributed by atoms with Gasteiger partial charge in [-0.25, -0.2) is 0 Å². The lowest BCUT2D eigenvalue weighted by molar-refractivity contribution is -0.00121. The van der Waals surface area contributed by atoms with E-state index in [2.05, 4.69) is 31.1 Å². The van der Waals surface area contributed by atoms with Crippen LogP contribution in [0.1, 0.15) is 18.4 Å². The van der Waals surface area contributed by atoms with Crippen molar-refractivity contribution in [3.8, 4) is 17.2 Å². The molecule has 0 fully saturated rings. The third kappa shape index (κ3) is 7.91. The normalized spacial score (nSPS) is 12.4. The topological polar surface area (TPSA) is 38.7 Å². The Morgan fingerprint density at radius 3 is 2.38 bits per heavy atom. The molecule has 116 valence electrons. The van der Waals surface area contributed by atoms with Crippen LogP contribution < -0.4 is 4.74 Å². The number of aliphatic hydroxyl groups excluding tert-OH is 1. The van der Waals surface area contributed by atoms with E-state index in [0.717, 1.165) is 24.2 Å². The molecule has 0 aliphatic carbocycles. The summed E-state index contributed by atoms with van der Waals surface area (Å²) in [7, 11) is 0.352. The van der Waals surface area contributed by atoms with E-state index in [1.165, 1.54) is 0 Å². The molecular weight excluding hydrogens is 280 g/mol. The summed E-state index contributed by atoms with van der Waals surface area (Å²) in [6, 6.07) is 7.76. The third-order valence-electron chi connectivity index (χ3n) is 2.90. The summed E-state index contributed by atoms with van der Waals surface area (Å²) in [5.41, 5.74) is 4.40. The van der Waals surface area contributed by atoms with Crippen molar-refractivity contribution < 1.29 is 14.6 Å². The van der Waals surface area contributed by atoms with Crippen LogP contribution in [-0.4, -0.2) is 33.0 Å².